The van der Waals surface area contributed by atoms with Gasteiger partial charge in [-0.1, -0.05) is 60.7 Å². The molecule has 55 nitrogen and oxygen atoms in total. The van der Waals surface area contributed by atoms with Gasteiger partial charge in [0.1, 0.15) is 78.3 Å². The number of amides is 14. The molecule has 14 amide bonds. The number of carbonyl (C=O) groups is 25. The van der Waals surface area contributed by atoms with Crippen LogP contribution in [0.2, 0.25) is 0 Å². The van der Waals surface area contributed by atoms with Crippen LogP contribution in [-0.4, -0.2) is 405 Å². The molecule has 4 rings (SSSR count). The number of thioether (sulfide) groups is 1. The zero-order valence-corrected chi connectivity index (χ0v) is 81.9. The number of carboxylic acids is 11. The van der Waals surface area contributed by atoms with Gasteiger partial charge in [0.25, 0.3) is 0 Å². The maximum atomic E-state index is 14.7. The summed E-state index contributed by atoms with van der Waals surface area (Å²) in [4.78, 5) is 335. The van der Waals surface area contributed by atoms with E-state index in [1.807, 2.05) is 0 Å². The van der Waals surface area contributed by atoms with E-state index in [4.69, 9.17) is 5.73 Å². The minimum Gasteiger partial charge on any atom is -0.508 e. The number of carbonyl (C=O) groups excluding carboxylic acids is 14. The number of fused-ring (bicyclic) bond motifs is 1. The molecular weight excluding hydrogens is 2030 g/mol. The molecule has 0 radical (unpaired) electrons. The van der Waals surface area contributed by atoms with E-state index in [9.17, 15) is 181 Å². The number of hydrogen-bond donors (Lipinski definition) is 27. The number of aliphatic carboxylic acids is 11. The molecule has 0 saturated carbocycles. The molecule has 57 heteroatoms. The molecule has 0 aliphatic heterocycles. The number of carboxylic acid groups (broad SMARTS) is 11. The fraction of sp³-hybridized carbons (Fsp3) is 0.483. The van der Waals surface area contributed by atoms with E-state index < -0.39 is 357 Å². The molecule has 0 spiro atoms. The van der Waals surface area contributed by atoms with Crippen LogP contribution in [0.1, 0.15) is 114 Å². The number of nitrogens with one attached hydrogen (secondary N) is 14. The van der Waals surface area contributed by atoms with E-state index in [1.54, 1.807) is 60.9 Å². The van der Waals surface area contributed by atoms with Gasteiger partial charge in [-0.05, 0) is 98.8 Å². The maximum absolute atomic E-state index is 14.7. The van der Waals surface area contributed by atoms with Crippen molar-refractivity contribution in [2.24, 2.45) is 5.73 Å². The second-order valence-corrected chi connectivity index (χ2v) is 33.5. The molecule has 0 fully saturated rings. The van der Waals surface area contributed by atoms with E-state index in [0.717, 1.165) is 21.6 Å². The molecular formula is C87H116InN18O37S+3. The number of H-pyrrole nitrogens is 1. The zero-order valence-electron chi connectivity index (χ0n) is 77.8. The van der Waals surface area contributed by atoms with Gasteiger partial charge in [0, 0.05) is 101 Å². The number of para-hydroxylation sites is 1. The second-order valence-electron chi connectivity index (χ2n) is 32.5. The van der Waals surface area contributed by atoms with Crippen LogP contribution in [0, 0.1) is 0 Å². The number of aromatic nitrogens is 1. The Morgan fingerprint density at radius 3 is 1.05 bits per heavy atom. The third-order valence-electron chi connectivity index (χ3n) is 21.1. The predicted molar refractivity (Wildman–Crippen MR) is 497 cm³/mol. The molecule has 1 aromatic heterocycles. The first-order chi connectivity index (χ1) is 67.4. The summed E-state index contributed by atoms with van der Waals surface area (Å²) in [6.07, 6.45) is -10.3. The number of benzene rings is 3. The Bertz CT molecular complexity index is 5190. The Hall–Kier alpha value is -15.1. The van der Waals surface area contributed by atoms with Gasteiger partial charge in [-0.3, -0.25) is 135 Å². The zero-order chi connectivity index (χ0) is 107. The van der Waals surface area contributed by atoms with E-state index in [-0.39, 0.29) is 81.8 Å². The summed E-state index contributed by atoms with van der Waals surface area (Å²) >= 11 is 1.23. The Labute approximate surface area is 841 Å². The summed E-state index contributed by atoms with van der Waals surface area (Å²) in [6, 6.07) is -2.61. The van der Waals surface area contributed by atoms with Crippen LogP contribution in [0.5, 0.6) is 5.75 Å². The number of phenolic OH excluding ortho intramolecular Hbond substituents is 1. The number of nitrogens with zero attached hydrogens (tertiary/aromatic N) is 3. The molecule has 1 heterocycles. The first kappa shape index (κ1) is 123. The quantitative estimate of drug-likeness (QED) is 0.0195. The van der Waals surface area contributed by atoms with Crippen molar-refractivity contribution in [3.8, 4) is 5.75 Å². The van der Waals surface area contributed by atoms with Gasteiger partial charge >= 0.3 is 91.5 Å². The van der Waals surface area contributed by atoms with Crippen molar-refractivity contribution in [2.75, 3.05) is 77.5 Å². The third-order valence-corrected chi connectivity index (χ3v) is 21.7. The standard InChI is InChI=1S/C87H116N18O37S.In/c1-45(77(132)101-60(35-47-12-14-49(106)15-13-47)78(133)90-39-63(107)93-61(36-48-38-89-51-11-7-6-10-50(48)51)86(141)99-58(28-33-143-2)85(140)102-62(37-71(121)122)87(142)100-59(76(88)131)34-46-8-4-3-5-9-46)91-79(134)53(17-23-66(111)112)94-81(136)55(19-25-68(115)116)96-83(138)57(21-27-70(119)120)98-84(139)56(20-26-69(117)118)97-82(137)54(18-24-67(113)114)95-80(135)52(16-22-65(109)110)92-64(108)40-104(42-73(125)126)31-29-103(41-72(123)124)30-32-105(43-74(127)128)44-75(129)130;/h3-15,38,45,52-62,89,106H,16-37,39-44H2,1-2H3,(H2,88,131)(H,90,133)(H,91,134)(H,92,108)(H,93,107)(H,94,136)(H,95,135)(H,96,138)(H,97,137)(H,98,139)(H,99,141)(H,100,142)(H,101,132)(H,102,140)(H,109,110)(H,111,112)(H,113,114)(H,115,116)(H,117,118)(H,119,120)(H,121,122)(H,123,124)(H,125,126)(H,127,128)(H,129,130);/q;+3/t45-,52+,53-,54-,55-,56-,57-,58-,59-,60-,61-,62-;/m0./s1/i;1-4. The summed E-state index contributed by atoms with van der Waals surface area (Å²) in [7, 11) is 0. The fourth-order valence-electron chi connectivity index (χ4n) is 13.8. The van der Waals surface area contributed by atoms with Gasteiger partial charge in [-0.2, -0.15) is 11.8 Å². The van der Waals surface area contributed by atoms with E-state index in [1.165, 1.54) is 42.2 Å². The maximum Gasteiger partial charge on any atom is 3.00 e. The number of primary amides is 1. The Balaban J connectivity index is 0.0000533. The predicted octanol–water partition coefficient (Wildman–Crippen LogP) is -7.38. The number of phenols is 1. The minimum atomic E-state index is -2.21. The summed E-state index contributed by atoms with van der Waals surface area (Å²) < 4.78 is 0. The Morgan fingerprint density at radius 1 is 0.326 bits per heavy atom. The van der Waals surface area contributed by atoms with Crippen LogP contribution >= 0.6 is 11.8 Å². The van der Waals surface area contributed by atoms with Gasteiger partial charge in [-0.15, -0.1) is 0 Å². The topological polar surface area (TPSA) is 877 Å². The van der Waals surface area contributed by atoms with Crippen molar-refractivity contribution in [1.29, 1.82) is 0 Å². The molecule has 144 heavy (non-hydrogen) atoms. The molecule has 0 aliphatic carbocycles. The molecule has 0 saturated heterocycles. The Morgan fingerprint density at radius 2 is 0.646 bits per heavy atom. The van der Waals surface area contributed by atoms with Gasteiger partial charge in [-0.25, -0.2) is 0 Å². The van der Waals surface area contributed by atoms with E-state index >= 15 is 0 Å². The molecule has 0 aliphatic rings. The van der Waals surface area contributed by atoms with Gasteiger partial charge in [0.05, 0.1) is 45.7 Å². The van der Waals surface area contributed by atoms with Crippen LogP contribution in [0.3, 0.4) is 0 Å². The number of nitrogens with two attached hydrogens (primary N) is 1. The number of rotatable bonds is 71. The first-order valence-corrected chi connectivity index (χ1v) is 45.4. The van der Waals surface area contributed by atoms with Gasteiger partial charge in [0.2, 0.25) is 82.7 Å². The van der Waals surface area contributed by atoms with Crippen LogP contribution in [0.4, 0.5) is 0 Å². The van der Waals surface area contributed by atoms with Crippen LogP contribution in [0.15, 0.2) is 85.1 Å². The number of aromatic amines is 1. The van der Waals surface area contributed by atoms with Crippen LogP contribution in [0.25, 0.3) is 10.9 Å². The van der Waals surface area contributed by atoms with Crippen LogP contribution in [-0.2, 0) is 139 Å². The largest absolute Gasteiger partial charge is 3.00 e. The normalized spacial score (nSPS) is 13.5. The number of hydrogen-bond acceptors (Lipinski definition) is 30. The van der Waals surface area contributed by atoms with Crippen LogP contribution < -0.4 is 74.9 Å². The summed E-state index contributed by atoms with van der Waals surface area (Å²) in [5.41, 5.74) is 7.45. The van der Waals surface area contributed by atoms with Crippen molar-refractivity contribution < 1.29 is 181 Å². The summed E-state index contributed by atoms with van der Waals surface area (Å²) in [6.45, 7) is -5.76. The average molecular weight is 2150 g/mol. The fourth-order valence-corrected chi connectivity index (χ4v) is 14.3. The number of aromatic hydroxyl groups is 1. The van der Waals surface area contributed by atoms with Crippen molar-refractivity contribution >= 4 is 197 Å². The van der Waals surface area contributed by atoms with Crippen molar-refractivity contribution in [3.05, 3.63) is 102 Å². The SMILES string of the molecule is CSCC[C@H](NC(=O)[C@H](Cc1c[nH]c2ccccc12)NC(=O)CNC(=O)[C@H](Cc1ccc(O)cc1)NC(=O)[C@H](C)NC(=O)[C@H](CCC(=O)O)NC(=O)[C@H](CCC(=O)O)NC(=O)[C@H](CCC(=O)O)NC(=O)[C@H](CCC(=O)O)NC(=O)[C@H](CCC(=O)O)NC(=O)[C@@H](CCC(=O)O)NC(=O)CN(CCN(CCN(CC(=O)O)CC(=O)O)CC(=O)O)CC(=O)O)C(=O)N[C@@H](CC(=O)O)C(=O)N[C@@H](Cc1ccccc1)C(N)=O.[111In+3]. The smallest absolute Gasteiger partial charge is 0.508 e. The van der Waals surface area contributed by atoms with Crippen molar-refractivity contribution in [3.63, 3.8) is 0 Å². The monoisotopic (exact) mass is 2150 g/mol. The van der Waals surface area contributed by atoms with E-state index in [2.05, 4.69) is 74.1 Å². The molecule has 12 atom stereocenters. The van der Waals surface area contributed by atoms with Crippen molar-refractivity contribution in [2.45, 2.75) is 189 Å². The summed E-state index contributed by atoms with van der Waals surface area (Å²) in [5, 5.41) is 146. The summed E-state index contributed by atoms with van der Waals surface area (Å²) in [5.74, 6) is -35.2. The van der Waals surface area contributed by atoms with Gasteiger partial charge < -0.3 is 141 Å². The third kappa shape index (κ3) is 48.3. The Kier molecular flexibility index (Phi) is 54.3. The van der Waals surface area contributed by atoms with Gasteiger partial charge in [0.15, 0.2) is 0 Å². The minimum absolute atomic E-state index is 0. The van der Waals surface area contributed by atoms with Crippen molar-refractivity contribution in [1.82, 2.24) is 88.8 Å². The first-order valence-electron chi connectivity index (χ1n) is 44.0. The molecule has 0 bridgehead atoms. The second kappa shape index (κ2) is 63.6. The molecule has 3 aromatic carbocycles. The average Bonchev–Trinajstić information content (AvgIpc) is 1.67. The molecule has 0 unspecified atom stereocenters. The van der Waals surface area contributed by atoms with E-state index in [0.29, 0.717) is 22.0 Å². The molecule has 782 valence electrons. The molecule has 4 aromatic rings. The molecule has 28 N–H and O–H groups in total.